The van der Waals surface area contributed by atoms with Gasteiger partial charge < -0.3 is 9.15 Å². The molecule has 3 rings (SSSR count). The second kappa shape index (κ2) is 5.38. The SMILES string of the molecule is CCOC(=O)c1c(C(F)F)oc2c1C(=O)c1cnccc1C2=O. The van der Waals surface area contributed by atoms with E-state index >= 15 is 0 Å². The molecule has 0 unspecified atom stereocenters. The summed E-state index contributed by atoms with van der Waals surface area (Å²) in [5, 5.41) is 0. The molecule has 0 fully saturated rings. The molecule has 1 aliphatic rings. The van der Waals surface area contributed by atoms with Crippen LogP contribution < -0.4 is 0 Å². The summed E-state index contributed by atoms with van der Waals surface area (Å²) in [5.41, 5.74) is -1.28. The van der Waals surface area contributed by atoms with Gasteiger partial charge in [0.05, 0.1) is 17.7 Å². The Hall–Kier alpha value is -2.90. The first-order valence-corrected chi connectivity index (χ1v) is 6.62. The molecule has 0 saturated heterocycles. The first-order chi connectivity index (χ1) is 11.0. The highest BCUT2D eigenvalue weighted by atomic mass is 19.3. The van der Waals surface area contributed by atoms with Gasteiger partial charge in [-0.15, -0.1) is 0 Å². The first kappa shape index (κ1) is 15.0. The maximum Gasteiger partial charge on any atom is 0.342 e. The number of ether oxygens (including phenoxy) is 1. The molecule has 0 bridgehead atoms. The number of pyridine rings is 1. The molecule has 8 heteroatoms. The van der Waals surface area contributed by atoms with Crippen LogP contribution in [0.5, 0.6) is 0 Å². The lowest BCUT2D eigenvalue weighted by Crippen LogP contribution is -2.22. The predicted molar refractivity (Wildman–Crippen MR) is 70.7 cm³/mol. The number of aromatic nitrogens is 1. The fraction of sp³-hybridized carbons (Fsp3) is 0.200. The van der Waals surface area contributed by atoms with E-state index in [1.54, 1.807) is 0 Å². The summed E-state index contributed by atoms with van der Waals surface area (Å²) in [6, 6.07) is 1.28. The molecule has 6 nitrogen and oxygen atoms in total. The van der Waals surface area contributed by atoms with Crippen LogP contribution in [0.1, 0.15) is 61.5 Å². The van der Waals surface area contributed by atoms with Gasteiger partial charge in [-0.2, -0.15) is 0 Å². The van der Waals surface area contributed by atoms with Crippen LogP contribution in [0.4, 0.5) is 8.78 Å². The molecule has 0 aromatic carbocycles. The minimum Gasteiger partial charge on any atom is -0.462 e. The third-order valence-corrected chi connectivity index (χ3v) is 3.36. The zero-order chi connectivity index (χ0) is 16.7. The van der Waals surface area contributed by atoms with E-state index < -0.39 is 46.6 Å². The lowest BCUT2D eigenvalue weighted by molar-refractivity contribution is 0.0504. The van der Waals surface area contributed by atoms with E-state index in [9.17, 15) is 23.2 Å². The van der Waals surface area contributed by atoms with Crippen LogP contribution >= 0.6 is 0 Å². The second-order valence-corrected chi connectivity index (χ2v) is 4.65. The normalized spacial score (nSPS) is 13.0. The lowest BCUT2D eigenvalue weighted by atomic mass is 9.87. The van der Waals surface area contributed by atoms with Gasteiger partial charge in [-0.3, -0.25) is 14.6 Å². The summed E-state index contributed by atoms with van der Waals surface area (Å²) in [4.78, 5) is 40.6. The number of alkyl halides is 2. The number of carbonyl (C=O) groups is 3. The van der Waals surface area contributed by atoms with Crippen LogP contribution in [0.25, 0.3) is 0 Å². The molecule has 0 spiro atoms. The zero-order valence-electron chi connectivity index (χ0n) is 11.8. The van der Waals surface area contributed by atoms with Gasteiger partial charge in [0.25, 0.3) is 6.43 Å². The quantitative estimate of drug-likeness (QED) is 0.689. The highest BCUT2D eigenvalue weighted by Gasteiger charge is 2.41. The van der Waals surface area contributed by atoms with Gasteiger partial charge in [-0.1, -0.05) is 0 Å². The van der Waals surface area contributed by atoms with Gasteiger partial charge in [0.15, 0.2) is 17.3 Å². The highest BCUT2D eigenvalue weighted by molar-refractivity contribution is 6.29. The number of esters is 1. The van der Waals surface area contributed by atoms with E-state index in [4.69, 9.17) is 9.15 Å². The van der Waals surface area contributed by atoms with Crippen molar-refractivity contribution >= 4 is 17.5 Å². The van der Waals surface area contributed by atoms with E-state index in [-0.39, 0.29) is 17.7 Å². The van der Waals surface area contributed by atoms with E-state index in [0.29, 0.717) is 0 Å². The average Bonchev–Trinajstić information content (AvgIpc) is 2.94. The molecule has 2 aromatic heterocycles. The fourth-order valence-corrected chi connectivity index (χ4v) is 2.42. The number of hydrogen-bond donors (Lipinski definition) is 0. The van der Waals surface area contributed by atoms with Crippen molar-refractivity contribution in [1.82, 2.24) is 4.98 Å². The predicted octanol–water partition coefficient (Wildman–Crippen LogP) is 2.56. The van der Waals surface area contributed by atoms with Crippen molar-refractivity contribution in [1.29, 1.82) is 0 Å². The van der Waals surface area contributed by atoms with E-state index in [1.807, 2.05) is 0 Å². The Morgan fingerprint density at radius 3 is 2.70 bits per heavy atom. The van der Waals surface area contributed by atoms with Gasteiger partial charge in [0, 0.05) is 18.0 Å². The lowest BCUT2D eigenvalue weighted by Gasteiger charge is -2.12. The minimum atomic E-state index is -3.18. The topological polar surface area (TPSA) is 86.5 Å². The third-order valence-electron chi connectivity index (χ3n) is 3.36. The largest absolute Gasteiger partial charge is 0.462 e. The number of furan rings is 1. The number of halogens is 2. The standard InChI is InChI=1S/C15H9F2NO5/c1-2-22-15(21)9-8-10(19)7-5-18-4-3-6(7)11(20)12(8)23-13(9)14(16)17/h3-5,14H,2H2,1H3. The number of rotatable bonds is 3. The summed E-state index contributed by atoms with van der Waals surface area (Å²) in [6.45, 7) is 1.40. The van der Waals surface area contributed by atoms with Gasteiger partial charge in [-0.25, -0.2) is 13.6 Å². The molecule has 1 aliphatic carbocycles. The maximum atomic E-state index is 13.2. The van der Waals surface area contributed by atoms with Crippen LogP contribution in [-0.2, 0) is 4.74 Å². The Morgan fingerprint density at radius 2 is 2.04 bits per heavy atom. The van der Waals surface area contributed by atoms with Gasteiger partial charge in [-0.05, 0) is 13.0 Å². The van der Waals surface area contributed by atoms with Gasteiger partial charge in [0.1, 0.15) is 5.56 Å². The molecule has 0 atom stereocenters. The van der Waals surface area contributed by atoms with Crippen LogP contribution in [0, 0.1) is 0 Å². The van der Waals surface area contributed by atoms with Crippen LogP contribution in [0.3, 0.4) is 0 Å². The van der Waals surface area contributed by atoms with Crippen molar-refractivity contribution in [2.75, 3.05) is 6.61 Å². The number of hydrogen-bond acceptors (Lipinski definition) is 6. The second-order valence-electron chi connectivity index (χ2n) is 4.65. The summed E-state index contributed by atoms with van der Waals surface area (Å²) >= 11 is 0. The van der Waals surface area contributed by atoms with E-state index in [0.717, 1.165) is 6.20 Å². The van der Waals surface area contributed by atoms with Crippen molar-refractivity contribution in [3.8, 4) is 0 Å². The third kappa shape index (κ3) is 2.14. The number of fused-ring (bicyclic) bond motifs is 2. The zero-order valence-corrected chi connectivity index (χ0v) is 11.8. The monoisotopic (exact) mass is 321 g/mol. The Kier molecular flexibility index (Phi) is 3.51. The van der Waals surface area contributed by atoms with Crippen LogP contribution in [0.15, 0.2) is 22.9 Å². The fourth-order valence-electron chi connectivity index (χ4n) is 2.42. The summed E-state index contributed by atoms with van der Waals surface area (Å²) in [5.74, 6) is -4.29. The molecule has 0 radical (unpaired) electrons. The van der Waals surface area contributed by atoms with Gasteiger partial charge in [0.2, 0.25) is 5.78 Å². The van der Waals surface area contributed by atoms with E-state index in [2.05, 4.69) is 4.98 Å². The summed E-state index contributed by atoms with van der Waals surface area (Å²) in [6.07, 6.45) is -0.748. The molecule has 2 aromatic rings. The molecule has 0 amide bonds. The first-order valence-electron chi connectivity index (χ1n) is 6.62. The summed E-state index contributed by atoms with van der Waals surface area (Å²) < 4.78 is 35.9. The molecule has 23 heavy (non-hydrogen) atoms. The van der Waals surface area contributed by atoms with Crippen molar-refractivity contribution < 1.29 is 32.3 Å². The van der Waals surface area contributed by atoms with E-state index in [1.165, 1.54) is 19.2 Å². The maximum absolute atomic E-state index is 13.2. The van der Waals surface area contributed by atoms with Crippen LogP contribution in [0.2, 0.25) is 0 Å². The molecular weight excluding hydrogens is 312 g/mol. The highest BCUT2D eigenvalue weighted by Crippen LogP contribution is 2.37. The number of ketones is 2. The van der Waals surface area contributed by atoms with Crippen molar-refractivity contribution in [3.63, 3.8) is 0 Å². The van der Waals surface area contributed by atoms with Gasteiger partial charge >= 0.3 is 5.97 Å². The molecule has 0 N–H and O–H groups in total. The molecule has 0 saturated carbocycles. The molecular formula is C15H9F2NO5. The molecule has 118 valence electrons. The summed E-state index contributed by atoms with van der Waals surface area (Å²) in [7, 11) is 0. The Morgan fingerprint density at radius 1 is 1.30 bits per heavy atom. The molecule has 0 aliphatic heterocycles. The Balaban J connectivity index is 2.28. The Labute approximate surface area is 128 Å². The van der Waals surface area contributed by atoms with Crippen molar-refractivity contribution in [2.45, 2.75) is 13.3 Å². The molecule has 2 heterocycles. The minimum absolute atomic E-state index is 0.0116. The van der Waals surface area contributed by atoms with Crippen LogP contribution in [-0.4, -0.2) is 29.1 Å². The van der Waals surface area contributed by atoms with Crippen molar-refractivity contribution in [3.05, 3.63) is 52.2 Å². The van der Waals surface area contributed by atoms with Crippen molar-refractivity contribution in [2.24, 2.45) is 0 Å². The number of carbonyl (C=O) groups excluding carboxylic acids is 3. The smallest absolute Gasteiger partial charge is 0.342 e. The number of nitrogens with zero attached hydrogens (tertiary/aromatic N) is 1. The average molecular weight is 321 g/mol. The Bertz CT molecular complexity index is 840.